The Morgan fingerprint density at radius 3 is 2.85 bits per heavy atom. The van der Waals surface area contributed by atoms with Crippen molar-refractivity contribution in [3.8, 4) is 12.3 Å². The van der Waals surface area contributed by atoms with Crippen molar-refractivity contribution in [1.82, 2.24) is 5.32 Å². The Labute approximate surface area is 155 Å². The minimum atomic E-state index is -0.767. The molecule has 2 fully saturated rings. The lowest BCUT2D eigenvalue weighted by molar-refractivity contribution is -0.163. The van der Waals surface area contributed by atoms with E-state index in [0.717, 1.165) is 44.9 Å². The third-order valence-electron chi connectivity index (χ3n) is 7.43. The maximum absolute atomic E-state index is 11.9. The smallest absolute Gasteiger partial charge is 0.304 e. The molecule has 0 spiro atoms. The zero-order valence-electron chi connectivity index (χ0n) is 15.7. The highest BCUT2D eigenvalue weighted by Crippen LogP contribution is 2.64. The van der Waals surface area contributed by atoms with Gasteiger partial charge < -0.3 is 10.1 Å². The molecule has 138 valence electrons. The number of fused-ring (bicyclic) bond motifs is 4. The van der Waals surface area contributed by atoms with E-state index in [4.69, 9.17) is 11.2 Å². The van der Waals surface area contributed by atoms with E-state index < -0.39 is 5.60 Å². The maximum atomic E-state index is 11.9. The number of hydrogen-bond acceptors (Lipinski definition) is 3. The fourth-order valence-corrected chi connectivity index (χ4v) is 6.22. The van der Waals surface area contributed by atoms with E-state index in [0.29, 0.717) is 18.4 Å². The molecule has 0 saturated heterocycles. The van der Waals surface area contributed by atoms with Gasteiger partial charge in [-0.05, 0) is 67.9 Å². The molecule has 4 aliphatic rings. The summed E-state index contributed by atoms with van der Waals surface area (Å²) >= 11 is 0. The van der Waals surface area contributed by atoms with Gasteiger partial charge in [-0.2, -0.15) is 0 Å². The van der Waals surface area contributed by atoms with Crippen LogP contribution < -0.4 is 5.32 Å². The van der Waals surface area contributed by atoms with Gasteiger partial charge in [0.15, 0.2) is 5.60 Å². The summed E-state index contributed by atoms with van der Waals surface area (Å²) in [6.07, 6.45) is 14.4. The van der Waals surface area contributed by atoms with Crippen molar-refractivity contribution in [1.29, 1.82) is 0 Å². The van der Waals surface area contributed by atoms with Crippen molar-refractivity contribution in [2.75, 3.05) is 6.54 Å². The van der Waals surface area contributed by atoms with Crippen LogP contribution in [0.5, 0.6) is 0 Å². The first-order valence-corrected chi connectivity index (χ1v) is 9.78. The Hall–Kier alpha value is -2.02. The summed E-state index contributed by atoms with van der Waals surface area (Å²) in [5, 5.41) is 2.96. The van der Waals surface area contributed by atoms with E-state index in [1.54, 1.807) is 6.08 Å². The number of hydrogen-bond donors (Lipinski definition) is 1. The van der Waals surface area contributed by atoms with E-state index >= 15 is 0 Å². The summed E-state index contributed by atoms with van der Waals surface area (Å²) in [6, 6.07) is 0. The van der Waals surface area contributed by atoms with Crippen LogP contribution in [0.1, 0.15) is 58.8 Å². The minimum Gasteiger partial charge on any atom is -0.445 e. The second kappa shape index (κ2) is 6.01. The summed E-state index contributed by atoms with van der Waals surface area (Å²) in [7, 11) is 0. The van der Waals surface area contributed by atoms with Gasteiger partial charge in [0.05, 0.1) is 0 Å². The van der Waals surface area contributed by atoms with Crippen LogP contribution in [0.15, 0.2) is 22.8 Å². The zero-order chi connectivity index (χ0) is 18.5. The van der Waals surface area contributed by atoms with Crippen LogP contribution in [0.3, 0.4) is 0 Å². The molecule has 4 rings (SSSR count). The maximum Gasteiger partial charge on any atom is 0.304 e. The third-order valence-corrected chi connectivity index (χ3v) is 7.43. The summed E-state index contributed by atoms with van der Waals surface area (Å²) in [5.41, 5.74) is 3.25. The number of nitrogens with one attached hydrogen (secondary N) is 1. The molecule has 4 heteroatoms. The van der Waals surface area contributed by atoms with Crippen molar-refractivity contribution in [2.45, 2.75) is 64.4 Å². The minimum absolute atomic E-state index is 0.0387. The van der Waals surface area contributed by atoms with Gasteiger partial charge in [0, 0.05) is 25.0 Å². The van der Waals surface area contributed by atoms with E-state index in [2.05, 4.69) is 18.2 Å². The predicted molar refractivity (Wildman–Crippen MR) is 98.9 cm³/mol. The second-order valence-electron chi connectivity index (χ2n) is 8.49. The molecule has 4 atom stereocenters. The number of carbonyl (C=O) groups excluding carboxylic acids is 2. The summed E-state index contributed by atoms with van der Waals surface area (Å²) in [4.78, 5) is 23.6. The first-order chi connectivity index (χ1) is 12.4. The Balaban J connectivity index is 1.73. The fraction of sp³-hybridized carbons (Fsp3) is 0.636. The lowest BCUT2D eigenvalue weighted by atomic mass is 9.55. The standard InChI is InChI=1S/C22H27NO3/c1-4-22(26-14(2)24)11-8-19-18-6-5-15-13-20(25)23-12-9-16(15)17(18)7-10-21(19,22)3/h1,13,18-19H,5-12H2,2-3H3,(H,23,25)/t18?,19?,21?,22-/m0/s1. The highest BCUT2D eigenvalue weighted by Gasteiger charge is 2.62. The van der Waals surface area contributed by atoms with E-state index in [1.807, 2.05) is 0 Å². The molecule has 2 saturated carbocycles. The summed E-state index contributed by atoms with van der Waals surface area (Å²) in [6.45, 7) is 4.41. The summed E-state index contributed by atoms with van der Waals surface area (Å²) in [5.74, 6) is 3.60. The van der Waals surface area contributed by atoms with Crippen LogP contribution in [-0.4, -0.2) is 24.0 Å². The van der Waals surface area contributed by atoms with Crippen molar-refractivity contribution in [3.63, 3.8) is 0 Å². The largest absolute Gasteiger partial charge is 0.445 e. The second-order valence-corrected chi connectivity index (χ2v) is 8.49. The Morgan fingerprint density at radius 1 is 1.31 bits per heavy atom. The highest BCUT2D eigenvalue weighted by atomic mass is 16.6. The van der Waals surface area contributed by atoms with Crippen LogP contribution in [0.4, 0.5) is 0 Å². The first kappa shape index (κ1) is 17.4. The number of allylic oxidation sites excluding steroid dienone is 2. The quantitative estimate of drug-likeness (QED) is 0.581. The van der Waals surface area contributed by atoms with Crippen molar-refractivity contribution in [2.24, 2.45) is 17.3 Å². The molecule has 1 amide bonds. The molecule has 0 aromatic heterocycles. The van der Waals surface area contributed by atoms with Crippen LogP contribution in [0, 0.1) is 29.6 Å². The van der Waals surface area contributed by atoms with Crippen LogP contribution in [0.25, 0.3) is 0 Å². The molecule has 0 aromatic rings. The molecule has 26 heavy (non-hydrogen) atoms. The van der Waals surface area contributed by atoms with E-state index in [1.165, 1.54) is 23.6 Å². The average Bonchev–Trinajstić information content (AvgIpc) is 2.75. The van der Waals surface area contributed by atoms with E-state index in [9.17, 15) is 9.59 Å². The molecule has 0 bridgehead atoms. The van der Waals surface area contributed by atoms with Crippen molar-refractivity contribution < 1.29 is 14.3 Å². The first-order valence-electron chi connectivity index (χ1n) is 9.78. The number of rotatable bonds is 1. The van der Waals surface area contributed by atoms with Gasteiger partial charge in [-0.25, -0.2) is 0 Å². The molecule has 1 N–H and O–H groups in total. The van der Waals surface area contributed by atoms with E-state index in [-0.39, 0.29) is 17.3 Å². The van der Waals surface area contributed by atoms with Gasteiger partial charge in [-0.3, -0.25) is 9.59 Å². The molecule has 3 unspecified atom stereocenters. The molecule has 3 aliphatic carbocycles. The molecular weight excluding hydrogens is 326 g/mol. The van der Waals surface area contributed by atoms with Gasteiger partial charge in [-0.1, -0.05) is 18.4 Å². The van der Waals surface area contributed by atoms with Gasteiger partial charge in [0.25, 0.3) is 0 Å². The summed E-state index contributed by atoms with van der Waals surface area (Å²) < 4.78 is 5.78. The lowest BCUT2D eigenvalue weighted by Gasteiger charge is -2.51. The number of amides is 1. The Bertz CT molecular complexity index is 771. The van der Waals surface area contributed by atoms with Crippen LogP contribution in [-0.2, 0) is 14.3 Å². The highest BCUT2D eigenvalue weighted by molar-refractivity contribution is 5.89. The fourth-order valence-electron chi connectivity index (χ4n) is 6.22. The van der Waals surface area contributed by atoms with Gasteiger partial charge >= 0.3 is 5.97 Å². The van der Waals surface area contributed by atoms with Crippen molar-refractivity contribution >= 4 is 11.9 Å². The number of ether oxygens (including phenoxy) is 1. The Kier molecular flexibility index (Phi) is 4.02. The topological polar surface area (TPSA) is 55.4 Å². The van der Waals surface area contributed by atoms with Crippen molar-refractivity contribution in [3.05, 3.63) is 22.8 Å². The Morgan fingerprint density at radius 2 is 2.12 bits per heavy atom. The third kappa shape index (κ3) is 2.36. The average molecular weight is 353 g/mol. The molecule has 1 aliphatic heterocycles. The number of carbonyl (C=O) groups is 2. The SMILES string of the molecule is C#C[C@]1(OC(C)=O)CCC2C3CCC4=CC(=O)NCCC4=C3CCC21C. The predicted octanol–water partition coefficient (Wildman–Crippen LogP) is 3.28. The number of terminal acetylenes is 1. The normalized spacial score (nSPS) is 38.8. The van der Waals surface area contributed by atoms with Crippen LogP contribution in [0.2, 0.25) is 0 Å². The molecule has 0 radical (unpaired) electrons. The molecule has 0 aromatic carbocycles. The molecule has 4 nitrogen and oxygen atoms in total. The van der Waals surface area contributed by atoms with Crippen LogP contribution >= 0.6 is 0 Å². The molecule has 1 heterocycles. The lowest BCUT2D eigenvalue weighted by Crippen LogP contribution is -2.51. The van der Waals surface area contributed by atoms with Gasteiger partial charge in [0.2, 0.25) is 5.91 Å². The monoisotopic (exact) mass is 353 g/mol. The van der Waals surface area contributed by atoms with Gasteiger partial charge in [-0.15, -0.1) is 6.42 Å². The number of esters is 1. The van der Waals surface area contributed by atoms with Gasteiger partial charge in [0.1, 0.15) is 0 Å². The molecular formula is C22H27NO3. The zero-order valence-corrected chi connectivity index (χ0v) is 15.7.